The summed E-state index contributed by atoms with van der Waals surface area (Å²) in [5.41, 5.74) is 8.49. The maximum absolute atomic E-state index is 14.9. The van der Waals surface area contributed by atoms with Gasteiger partial charge in [-0.05, 0) is 117 Å². The molecule has 0 unspecified atom stereocenters. The predicted octanol–water partition coefficient (Wildman–Crippen LogP) is 6.96. The van der Waals surface area contributed by atoms with Gasteiger partial charge in [-0.25, -0.2) is 19.2 Å². The molecule has 0 radical (unpaired) electrons. The Morgan fingerprint density at radius 1 is 0.679 bits per heavy atom. The molecule has 2 aliphatic rings. The van der Waals surface area contributed by atoms with Gasteiger partial charge < -0.3 is 71.9 Å². The largest absolute Gasteiger partial charge is 0.490 e. The molecule has 10 N–H and O–H groups in total. The molecule has 0 spiro atoms. The Hall–Kier alpha value is -10.0. The number of likely N-dealkylation sites (tertiary alicyclic amines) is 1. The number of urea groups is 1. The third-order valence-corrected chi connectivity index (χ3v) is 20.0. The zero-order valence-corrected chi connectivity index (χ0v) is 66.6. The first-order valence-corrected chi connectivity index (χ1v) is 37.8. The number of amides is 12. The monoisotopic (exact) mass is 1580 g/mol. The molecule has 112 heavy (non-hydrogen) atoms. The number of halogens is 3. The van der Waals surface area contributed by atoms with E-state index >= 15 is 0 Å². The molecule has 1 saturated heterocycles. The quantitative estimate of drug-likeness (QED) is 0.0204. The molecule has 620 valence electrons. The number of hydrogen-bond donors (Lipinski definition) is 9. The lowest BCUT2D eigenvalue weighted by Crippen LogP contribution is -2.60. The zero-order valence-electron chi connectivity index (χ0n) is 66.6. The maximum Gasteiger partial charge on any atom is 0.490 e. The van der Waals surface area contributed by atoms with Crippen LogP contribution in [0.1, 0.15) is 143 Å². The Balaban J connectivity index is 0.00000359. The third-order valence-electron chi connectivity index (χ3n) is 20.0. The number of methoxy groups -OCH3 is 2. The SMILES string of the molecule is CC[C@H](C)[C@@H]([C@@H](CC(=O)N1CCC[C@H]1[C@H](OC)[C@@H](C)C(=O)N[C@@H](Cc1ccccc1)C(=O)O)OC)N(C)C(=O)[C@@H](NC(=O)[C@H](C(C)C)N(C)CCc1ccc(N(C)C(=O)OCc2ccc(NC(=O)[C@H](CCCNC(N)=O)NC(=O)[C@@H](NC(=O)CCCCCN3C(=O)C=CC3=O)C(C)C)cc2)cc1)C(C)C.O=C(O)C(F)(F)F. The van der Waals surface area contributed by atoms with E-state index in [-0.39, 0.29) is 111 Å². The number of nitrogens with zero attached hydrogens (tertiary/aromatic N) is 5. The number of anilines is 2. The Bertz CT molecular complexity index is 3640. The minimum absolute atomic E-state index is 0.0868. The predicted molar refractivity (Wildman–Crippen MR) is 411 cm³/mol. The number of unbranched alkanes of at least 4 members (excludes halogenated alkanes) is 2. The van der Waals surface area contributed by atoms with Crippen molar-refractivity contribution in [1.82, 2.24) is 46.2 Å². The van der Waals surface area contributed by atoms with Crippen molar-refractivity contribution in [2.75, 3.05) is 71.8 Å². The van der Waals surface area contributed by atoms with Crippen molar-refractivity contribution >= 4 is 88.6 Å². The highest BCUT2D eigenvalue weighted by atomic mass is 19.4. The summed E-state index contributed by atoms with van der Waals surface area (Å²) in [6.07, 6.45) is -0.372. The highest BCUT2D eigenvalue weighted by Crippen LogP contribution is 2.31. The summed E-state index contributed by atoms with van der Waals surface area (Å²) < 4.78 is 49.5. The molecule has 0 bridgehead atoms. The highest BCUT2D eigenvalue weighted by molar-refractivity contribution is 6.12. The minimum atomic E-state index is -5.08. The molecule has 1 fully saturated rings. The van der Waals surface area contributed by atoms with Crippen molar-refractivity contribution in [2.24, 2.45) is 35.3 Å². The van der Waals surface area contributed by atoms with E-state index in [9.17, 15) is 75.8 Å². The highest BCUT2D eigenvalue weighted by Gasteiger charge is 2.44. The van der Waals surface area contributed by atoms with Crippen molar-refractivity contribution in [3.63, 3.8) is 0 Å². The number of rotatable bonds is 43. The molecule has 12 amide bonds. The van der Waals surface area contributed by atoms with Crippen molar-refractivity contribution in [1.29, 1.82) is 0 Å². The summed E-state index contributed by atoms with van der Waals surface area (Å²) in [4.78, 5) is 176. The first kappa shape index (κ1) is 94.4. The van der Waals surface area contributed by atoms with Gasteiger partial charge in [0.1, 0.15) is 30.8 Å². The Kier molecular flexibility index (Phi) is 38.8. The van der Waals surface area contributed by atoms with Crippen LogP contribution in [0.3, 0.4) is 0 Å². The lowest BCUT2D eigenvalue weighted by Gasteiger charge is -2.41. The summed E-state index contributed by atoms with van der Waals surface area (Å²) >= 11 is 0. The van der Waals surface area contributed by atoms with E-state index < -0.39 is 108 Å². The number of carbonyl (C=O) groups is 13. The lowest BCUT2D eigenvalue weighted by atomic mass is 9.89. The van der Waals surface area contributed by atoms with Gasteiger partial charge in [-0.2, -0.15) is 13.2 Å². The fourth-order valence-corrected chi connectivity index (χ4v) is 13.4. The number of hydrogen-bond acceptors (Lipinski definition) is 17. The first-order chi connectivity index (χ1) is 52.8. The molecular formula is C79H115F3N12O18. The van der Waals surface area contributed by atoms with Crippen LogP contribution in [0.4, 0.5) is 34.1 Å². The Morgan fingerprint density at radius 3 is 1.82 bits per heavy atom. The fraction of sp³-hybridized carbons (Fsp3) is 0.582. The summed E-state index contributed by atoms with van der Waals surface area (Å²) in [6, 6.07) is 16.4. The molecule has 3 aromatic carbocycles. The topological polar surface area (TPSA) is 404 Å². The number of benzene rings is 3. The number of likely N-dealkylation sites (N-methyl/N-ethyl adjacent to an activating group) is 2. The molecule has 5 rings (SSSR count). The van der Waals surface area contributed by atoms with Gasteiger partial charge in [0.05, 0.1) is 42.7 Å². The van der Waals surface area contributed by atoms with Gasteiger partial charge in [0.15, 0.2) is 0 Å². The van der Waals surface area contributed by atoms with Crippen LogP contribution in [-0.4, -0.2) is 229 Å². The van der Waals surface area contributed by atoms with Crippen molar-refractivity contribution in [3.8, 4) is 0 Å². The summed E-state index contributed by atoms with van der Waals surface area (Å²) in [5.74, 6) is -9.39. The third kappa shape index (κ3) is 29.6. The van der Waals surface area contributed by atoms with E-state index in [1.54, 1.807) is 105 Å². The van der Waals surface area contributed by atoms with Crippen LogP contribution < -0.4 is 42.5 Å². The second kappa shape index (κ2) is 46.1. The summed E-state index contributed by atoms with van der Waals surface area (Å²) in [7, 11) is 8.12. The molecule has 0 aliphatic carbocycles. The molecule has 30 nitrogen and oxygen atoms in total. The van der Waals surface area contributed by atoms with E-state index in [2.05, 4.69) is 31.9 Å². The van der Waals surface area contributed by atoms with Gasteiger partial charge in [-0.15, -0.1) is 0 Å². The lowest BCUT2D eigenvalue weighted by molar-refractivity contribution is -0.192. The number of alkyl halides is 3. The number of nitrogens with two attached hydrogens (primary N) is 1. The van der Waals surface area contributed by atoms with Crippen LogP contribution in [0.5, 0.6) is 0 Å². The zero-order chi connectivity index (χ0) is 83.9. The number of carbonyl (C=O) groups excluding carboxylic acids is 11. The van der Waals surface area contributed by atoms with Crippen LogP contribution in [-0.2, 0) is 86.4 Å². The summed E-state index contributed by atoms with van der Waals surface area (Å²) in [6.45, 7) is 18.0. The number of aliphatic carboxylic acids is 2. The molecule has 0 saturated carbocycles. The van der Waals surface area contributed by atoms with Crippen LogP contribution in [0, 0.1) is 29.6 Å². The normalized spacial score (nSPS) is 16.2. The van der Waals surface area contributed by atoms with Crippen LogP contribution >= 0.6 is 0 Å². The van der Waals surface area contributed by atoms with E-state index in [1.165, 1.54) is 31.3 Å². The van der Waals surface area contributed by atoms with Crippen molar-refractivity contribution in [2.45, 2.75) is 207 Å². The molecule has 33 heteroatoms. The molecule has 0 aromatic heterocycles. The van der Waals surface area contributed by atoms with E-state index in [1.807, 2.05) is 71.7 Å². The average Bonchev–Trinajstić information content (AvgIpc) is 1.73. The minimum Gasteiger partial charge on any atom is -0.480 e. The number of primary amides is 1. The van der Waals surface area contributed by atoms with Crippen LogP contribution in [0.2, 0.25) is 0 Å². The van der Waals surface area contributed by atoms with Crippen molar-refractivity contribution in [3.05, 3.63) is 108 Å². The Labute approximate surface area is 653 Å². The average molecular weight is 1580 g/mol. The smallest absolute Gasteiger partial charge is 0.480 e. The maximum atomic E-state index is 14.9. The molecular weight excluding hydrogens is 1460 g/mol. The second-order valence-electron chi connectivity index (χ2n) is 29.4. The van der Waals surface area contributed by atoms with Gasteiger partial charge in [-0.3, -0.25) is 57.9 Å². The first-order valence-electron chi connectivity index (χ1n) is 37.8. The summed E-state index contributed by atoms with van der Waals surface area (Å²) in [5, 5.41) is 33.8. The van der Waals surface area contributed by atoms with Gasteiger partial charge in [-0.1, -0.05) is 130 Å². The number of imide groups is 1. The Morgan fingerprint density at radius 2 is 1.28 bits per heavy atom. The van der Waals surface area contributed by atoms with E-state index in [0.29, 0.717) is 75.0 Å². The number of carboxylic acids is 2. The fourth-order valence-electron chi connectivity index (χ4n) is 13.4. The molecule has 3 aromatic rings. The van der Waals surface area contributed by atoms with Gasteiger partial charge in [0.25, 0.3) is 11.8 Å². The molecule has 11 atom stereocenters. The van der Waals surface area contributed by atoms with Crippen molar-refractivity contribution < 1.29 is 99.9 Å². The standard InChI is InChI=1S/C77H114N12O16.C2HF3O2/c1-15-50(8)68(60(103-13)45-64(93)88-42-23-27-59(88)69(104-14)51(9)70(94)82-58(75(99)100)44-53-24-18-16-19-25-53)87(12)74(98)66(48(4)5)84-73(97)67(49(6)7)85(10)43-39-52-31-35-56(36-32-52)86(11)77(102)105-46-54-29-33-55(34-30-54)80-71(95)57(26-22-40-79-76(78)101)81-72(96)65(47(2)3)83-61(90)28-20-17-21-41-89-62(91)37-38-63(89)92;3-2(4,5)1(6)7/h16,18-19,24-25,29-38,47-51,57-60,65-69H,15,17,20-23,26-28,39-46H2,1-14H3,(H,80,95)(H,81,96)(H,82,94)(H,83,90)(H,84,97)(H,99,100)(H3,78,79,101);(H,6,7)/t50-,51+,57-,58-,59-,60+,65-,66-,67-,68-,69+;/m0./s1. The molecule has 2 aliphatic heterocycles. The number of nitrogens with one attached hydrogen (secondary N) is 6. The van der Waals surface area contributed by atoms with Gasteiger partial charge >= 0.3 is 30.2 Å². The molecule has 2 heterocycles. The van der Waals surface area contributed by atoms with Crippen LogP contribution in [0.25, 0.3) is 0 Å². The number of ether oxygens (including phenoxy) is 3. The van der Waals surface area contributed by atoms with E-state index in [0.717, 1.165) is 16.0 Å². The van der Waals surface area contributed by atoms with Gasteiger partial charge in [0.2, 0.25) is 41.4 Å². The second-order valence-corrected chi connectivity index (χ2v) is 29.4. The number of carboxylic acid groups (broad SMARTS) is 2. The van der Waals surface area contributed by atoms with Gasteiger partial charge in [0, 0.05) is 90.9 Å². The van der Waals surface area contributed by atoms with E-state index in [4.69, 9.17) is 29.8 Å². The van der Waals surface area contributed by atoms with Crippen LogP contribution in [0.15, 0.2) is 91.0 Å².